The summed E-state index contributed by atoms with van der Waals surface area (Å²) >= 11 is 0. The first kappa shape index (κ1) is 47.3. The van der Waals surface area contributed by atoms with E-state index < -0.39 is 130 Å². The first-order valence-corrected chi connectivity index (χ1v) is 20.9. The van der Waals surface area contributed by atoms with Gasteiger partial charge < -0.3 is 53.8 Å². The average Bonchev–Trinajstić information content (AvgIpc) is 3.13. The monoisotopic (exact) mass is 851 g/mol. The minimum atomic E-state index is -2.35. The predicted molar refractivity (Wildman–Crippen MR) is 210 cm³/mol. The highest BCUT2D eigenvalue weighted by Crippen LogP contribution is 2.64. The number of ketones is 1. The summed E-state index contributed by atoms with van der Waals surface area (Å²) in [6.45, 7) is 16.9. The minimum Gasteiger partial charge on any atom is -0.459 e. The first-order valence-electron chi connectivity index (χ1n) is 20.9. The molecule has 4 N–H and O–H groups in total. The Bertz CT molecular complexity index is 1750. The van der Waals surface area contributed by atoms with E-state index >= 15 is 4.79 Å². The Balaban J connectivity index is 1.72. The summed E-state index contributed by atoms with van der Waals surface area (Å²) in [6.07, 6.45) is -9.05. The molecule has 5 aliphatic rings. The van der Waals surface area contributed by atoms with Crippen molar-refractivity contribution in [2.45, 2.75) is 181 Å². The fourth-order valence-corrected chi connectivity index (χ4v) is 10.3. The summed E-state index contributed by atoms with van der Waals surface area (Å²) < 4.78 is 40.6. The normalized spacial score (nSPS) is 35.1. The molecule has 338 valence electrons. The van der Waals surface area contributed by atoms with E-state index in [9.17, 15) is 39.3 Å². The number of hydrogen-bond donors (Lipinski definition) is 4. The molecule has 17 nitrogen and oxygen atoms in total. The lowest BCUT2D eigenvalue weighted by Gasteiger charge is -2.67. The van der Waals surface area contributed by atoms with Crippen LogP contribution in [0.15, 0.2) is 11.1 Å². The number of aliphatic hydroxyl groups excluding tert-OH is 2. The number of aliphatic hydroxyl groups is 3. The van der Waals surface area contributed by atoms with Crippen molar-refractivity contribution in [3.63, 3.8) is 0 Å². The second kappa shape index (κ2) is 16.5. The van der Waals surface area contributed by atoms with Gasteiger partial charge in [-0.1, -0.05) is 53.9 Å². The molecule has 1 amide bonds. The van der Waals surface area contributed by atoms with Crippen LogP contribution in [-0.4, -0.2) is 124 Å². The van der Waals surface area contributed by atoms with Crippen LogP contribution in [0.2, 0.25) is 0 Å². The van der Waals surface area contributed by atoms with Crippen molar-refractivity contribution < 1.29 is 77.2 Å². The maximum Gasteiger partial charge on any atom is 0.508 e. The highest BCUT2D eigenvalue weighted by Gasteiger charge is 2.78. The summed E-state index contributed by atoms with van der Waals surface area (Å²) in [5.41, 5.74) is -9.50. The second-order valence-corrected chi connectivity index (χ2v) is 20.1. The van der Waals surface area contributed by atoms with Gasteiger partial charge in [-0.15, -0.1) is 0 Å². The predicted octanol–water partition coefficient (Wildman–Crippen LogP) is 3.99. The Labute approximate surface area is 351 Å². The number of fused-ring (bicyclic) bond motifs is 5. The molecular weight excluding hydrogens is 786 g/mol. The van der Waals surface area contributed by atoms with Crippen LogP contribution in [0.4, 0.5) is 9.59 Å². The molecule has 4 fully saturated rings. The molecule has 2 bridgehead atoms. The molecule has 0 aromatic heterocycles. The largest absolute Gasteiger partial charge is 0.508 e. The van der Waals surface area contributed by atoms with E-state index in [1.165, 1.54) is 13.8 Å². The first-order chi connectivity index (χ1) is 27.6. The number of alkyl carbamates (subject to hydrolysis) is 1. The third-order valence-electron chi connectivity index (χ3n) is 13.6. The van der Waals surface area contributed by atoms with Crippen LogP contribution in [0.25, 0.3) is 0 Å². The molecule has 5 rings (SSSR count). The number of methoxy groups -OCH3 is 1. The van der Waals surface area contributed by atoms with Crippen LogP contribution in [0, 0.1) is 28.1 Å². The number of Topliss-reactive ketones (excluding diaryl/α,β-unsaturated/α-hetero) is 1. The molecule has 0 aromatic rings. The van der Waals surface area contributed by atoms with Crippen molar-refractivity contribution in [3.8, 4) is 0 Å². The smallest absolute Gasteiger partial charge is 0.459 e. The van der Waals surface area contributed by atoms with Crippen molar-refractivity contribution in [2.24, 2.45) is 28.1 Å². The number of rotatable bonds is 8. The lowest BCUT2D eigenvalue weighted by atomic mass is 9.44. The number of amides is 1. The molecule has 0 radical (unpaired) electrons. The lowest BCUT2D eigenvalue weighted by Crippen LogP contribution is -2.82. The highest BCUT2D eigenvalue weighted by atomic mass is 16.8. The van der Waals surface area contributed by atoms with Crippen molar-refractivity contribution in [1.82, 2.24) is 5.32 Å². The molecule has 60 heavy (non-hydrogen) atoms. The Morgan fingerprint density at radius 1 is 0.950 bits per heavy atom. The van der Waals surface area contributed by atoms with Crippen molar-refractivity contribution in [1.29, 1.82) is 0 Å². The summed E-state index contributed by atoms with van der Waals surface area (Å²) in [6, 6.07) is -1.25. The molecule has 4 aliphatic carbocycles. The van der Waals surface area contributed by atoms with Gasteiger partial charge in [-0.25, -0.2) is 14.4 Å². The van der Waals surface area contributed by atoms with Gasteiger partial charge in [0.2, 0.25) is 0 Å². The zero-order valence-electron chi connectivity index (χ0n) is 37.0. The van der Waals surface area contributed by atoms with E-state index in [0.717, 1.165) is 33.3 Å². The fraction of sp³-hybridized carbons (Fsp3) is 0.814. The molecule has 1 unspecified atom stereocenters. The van der Waals surface area contributed by atoms with E-state index in [0.29, 0.717) is 12.8 Å². The Kier molecular flexibility index (Phi) is 13.0. The quantitative estimate of drug-likeness (QED) is 0.153. The zero-order valence-corrected chi connectivity index (χ0v) is 37.0. The van der Waals surface area contributed by atoms with Gasteiger partial charge >= 0.3 is 30.2 Å². The third kappa shape index (κ3) is 8.27. The van der Waals surface area contributed by atoms with E-state index in [1.54, 1.807) is 55.4 Å². The molecule has 3 saturated carbocycles. The molecule has 17 heteroatoms. The van der Waals surface area contributed by atoms with E-state index in [-0.39, 0.29) is 24.2 Å². The highest BCUT2D eigenvalue weighted by molar-refractivity contribution is 5.95. The van der Waals surface area contributed by atoms with Gasteiger partial charge in [0.05, 0.1) is 43.1 Å². The maximum atomic E-state index is 15.5. The third-order valence-corrected chi connectivity index (χ3v) is 13.6. The molecule has 1 aliphatic heterocycles. The SMILES string of the molecule is COC(=O)O[C@@]12CO[C@@H]1C[C@H](O)[C@@]1(C)C(=O)[C@H](OC(C)=O)C3=C(C)[C@@H](OC(=O)[C@@H](O)[C@H](NC(=O)OC(C)(C)C)C(C)(C)C)C[C@@](O)([C@@H](OC(=O)C4CCCCC4)C12)C3(C)C. The molecule has 0 spiro atoms. The molecular formula is C43H65NO16. The topological polar surface area (TPSA) is 240 Å². The summed E-state index contributed by atoms with van der Waals surface area (Å²) in [5, 5.41) is 39.9. The van der Waals surface area contributed by atoms with Crippen molar-refractivity contribution in [3.05, 3.63) is 11.1 Å². The van der Waals surface area contributed by atoms with Crippen molar-refractivity contribution in [2.75, 3.05) is 13.7 Å². The molecule has 1 heterocycles. The standard InChI is InChI=1S/C43H65NO16/c1-21-24(57-35(50)28(47)31(38(3,4)5)44-36(51)59-39(6,7)8)19-43(53)33(58-34(49)23-16-14-13-15-17-23)30-41(11,32(48)29(56-22(2)45)27(21)40(43,9)10)25(46)18-26-42(30,20-55-26)60-37(52)54-12/h23-26,28-31,33,46-47,53H,13-20H2,1-12H3,(H,44,51)/t24-,25-,26+,28-,29+,30?,31-,33-,41+,42-,43+/m0/s1. The van der Waals surface area contributed by atoms with Gasteiger partial charge in [0, 0.05) is 25.2 Å². The van der Waals surface area contributed by atoms with E-state index in [1.807, 2.05) is 0 Å². The van der Waals surface area contributed by atoms with Crippen LogP contribution >= 0.6 is 0 Å². The van der Waals surface area contributed by atoms with Gasteiger partial charge in [-0.3, -0.25) is 14.4 Å². The Morgan fingerprint density at radius 2 is 1.57 bits per heavy atom. The van der Waals surface area contributed by atoms with Gasteiger partial charge in [0.25, 0.3) is 0 Å². The average molecular weight is 852 g/mol. The van der Waals surface area contributed by atoms with Crippen molar-refractivity contribution >= 4 is 35.9 Å². The number of ether oxygens (including phenoxy) is 7. The molecule has 1 saturated heterocycles. The van der Waals surface area contributed by atoms with E-state index in [2.05, 4.69) is 5.32 Å². The maximum absolute atomic E-state index is 15.5. The van der Waals surface area contributed by atoms with Gasteiger partial charge in [-0.2, -0.15) is 0 Å². The number of carbonyl (C=O) groups excluding carboxylic acids is 6. The fourth-order valence-electron chi connectivity index (χ4n) is 10.3. The van der Waals surface area contributed by atoms with Crippen LogP contribution in [0.3, 0.4) is 0 Å². The number of esters is 3. The minimum absolute atomic E-state index is 0.0171. The summed E-state index contributed by atoms with van der Waals surface area (Å²) in [5.74, 6) is -5.77. The zero-order chi connectivity index (χ0) is 45.1. The van der Waals surface area contributed by atoms with Crippen LogP contribution in [-0.2, 0) is 52.3 Å². The molecule has 0 aromatic carbocycles. The van der Waals surface area contributed by atoms with Crippen LogP contribution < -0.4 is 5.32 Å². The number of hydrogen-bond acceptors (Lipinski definition) is 16. The van der Waals surface area contributed by atoms with E-state index in [4.69, 9.17) is 33.2 Å². The van der Waals surface area contributed by atoms with Gasteiger partial charge in [0.1, 0.15) is 29.5 Å². The number of carbonyl (C=O) groups is 6. The van der Waals surface area contributed by atoms with Gasteiger partial charge in [-0.05, 0) is 64.0 Å². The Hall–Kier alpha value is -3.80. The second-order valence-electron chi connectivity index (χ2n) is 20.1. The number of nitrogens with one attached hydrogen (secondary N) is 1. The summed E-state index contributed by atoms with van der Waals surface area (Å²) in [7, 11) is 1.09. The molecule has 11 atom stereocenters. The Morgan fingerprint density at radius 3 is 2.08 bits per heavy atom. The van der Waals surface area contributed by atoms with Gasteiger partial charge in [0.15, 0.2) is 23.6 Å². The lowest BCUT2D eigenvalue weighted by molar-refractivity contribution is -0.346. The summed E-state index contributed by atoms with van der Waals surface area (Å²) in [4.78, 5) is 83.0. The van der Waals surface area contributed by atoms with Crippen LogP contribution in [0.5, 0.6) is 0 Å². The van der Waals surface area contributed by atoms with Crippen LogP contribution in [0.1, 0.15) is 121 Å².